The molecule has 120 valence electrons. The van der Waals surface area contributed by atoms with Gasteiger partial charge in [-0.05, 0) is 41.9 Å². The van der Waals surface area contributed by atoms with E-state index in [0.29, 0.717) is 6.54 Å². The predicted molar refractivity (Wildman–Crippen MR) is 94.0 cm³/mol. The lowest BCUT2D eigenvalue weighted by atomic mass is 10.4. The minimum absolute atomic E-state index is 0.512. The molecule has 2 aromatic rings. The highest BCUT2D eigenvalue weighted by molar-refractivity contribution is 9.11. The highest BCUT2D eigenvalue weighted by atomic mass is 79.9. The number of thiophene rings is 1. The Balaban J connectivity index is 2.07. The van der Waals surface area contributed by atoms with Gasteiger partial charge in [0.15, 0.2) is 11.8 Å². The molecule has 0 atom stereocenters. The summed E-state index contributed by atoms with van der Waals surface area (Å²) in [5.74, 6) is 2.62. The van der Waals surface area contributed by atoms with Crippen molar-refractivity contribution >= 4 is 33.2 Å². The first-order valence-corrected chi connectivity index (χ1v) is 8.70. The summed E-state index contributed by atoms with van der Waals surface area (Å²) < 4.78 is 3.11. The molecule has 2 heterocycles. The first-order chi connectivity index (χ1) is 10.5. The fourth-order valence-corrected chi connectivity index (χ4v) is 3.49. The first kappa shape index (κ1) is 17.0. The van der Waals surface area contributed by atoms with Gasteiger partial charge in [-0.2, -0.15) is 0 Å². The zero-order valence-electron chi connectivity index (χ0n) is 13.3. The summed E-state index contributed by atoms with van der Waals surface area (Å²) in [7, 11) is 4.00. The van der Waals surface area contributed by atoms with Crippen molar-refractivity contribution in [1.29, 1.82) is 0 Å². The van der Waals surface area contributed by atoms with Gasteiger partial charge in [0.2, 0.25) is 0 Å². The Morgan fingerprint density at radius 3 is 2.77 bits per heavy atom. The zero-order chi connectivity index (χ0) is 16.1. The van der Waals surface area contributed by atoms with Crippen LogP contribution in [0.15, 0.2) is 20.9 Å². The third-order valence-electron chi connectivity index (χ3n) is 3.27. The Bertz CT molecular complexity index is 648. The van der Waals surface area contributed by atoms with Crippen LogP contribution in [0.4, 0.5) is 0 Å². The highest BCUT2D eigenvalue weighted by Crippen LogP contribution is 2.22. The van der Waals surface area contributed by atoms with E-state index in [1.54, 1.807) is 11.3 Å². The van der Waals surface area contributed by atoms with E-state index in [0.717, 1.165) is 34.5 Å². The molecule has 0 aliphatic rings. The van der Waals surface area contributed by atoms with Crippen molar-refractivity contribution in [1.82, 2.24) is 25.0 Å². The maximum Gasteiger partial charge on any atom is 0.194 e. The van der Waals surface area contributed by atoms with Gasteiger partial charge >= 0.3 is 0 Å². The second kappa shape index (κ2) is 7.73. The van der Waals surface area contributed by atoms with E-state index in [1.807, 2.05) is 25.6 Å². The van der Waals surface area contributed by atoms with E-state index in [2.05, 4.69) is 60.4 Å². The monoisotopic (exact) mass is 384 g/mol. The van der Waals surface area contributed by atoms with Gasteiger partial charge in [0.1, 0.15) is 12.4 Å². The normalized spacial score (nSPS) is 11.8. The van der Waals surface area contributed by atoms with Gasteiger partial charge < -0.3 is 14.8 Å². The van der Waals surface area contributed by atoms with Crippen molar-refractivity contribution in [2.24, 2.45) is 12.0 Å². The summed E-state index contributed by atoms with van der Waals surface area (Å²) in [5, 5.41) is 11.5. The number of aromatic nitrogens is 3. The van der Waals surface area contributed by atoms with E-state index >= 15 is 0 Å². The number of hydrogen-bond donors (Lipinski definition) is 1. The van der Waals surface area contributed by atoms with Gasteiger partial charge in [0.25, 0.3) is 0 Å². The van der Waals surface area contributed by atoms with Crippen LogP contribution in [-0.4, -0.2) is 39.2 Å². The van der Waals surface area contributed by atoms with Crippen LogP contribution in [0.1, 0.15) is 23.4 Å². The molecule has 22 heavy (non-hydrogen) atoms. The number of aryl methyl sites for hydroxylation is 1. The molecule has 0 unspecified atom stereocenters. The lowest BCUT2D eigenvalue weighted by Gasteiger charge is -2.21. The molecular formula is C14H21BrN6S. The van der Waals surface area contributed by atoms with E-state index in [9.17, 15) is 0 Å². The van der Waals surface area contributed by atoms with E-state index in [1.165, 1.54) is 4.88 Å². The SMILES string of the molecule is CCNC(=NCc1nnc(C)n1C)N(C)Cc1ccc(Br)s1. The second-order valence-corrected chi connectivity index (χ2v) is 7.50. The summed E-state index contributed by atoms with van der Waals surface area (Å²) in [6.07, 6.45) is 0. The molecule has 0 aromatic carbocycles. The molecule has 0 bridgehead atoms. The lowest BCUT2D eigenvalue weighted by Crippen LogP contribution is -2.38. The highest BCUT2D eigenvalue weighted by Gasteiger charge is 2.10. The zero-order valence-corrected chi connectivity index (χ0v) is 15.7. The smallest absolute Gasteiger partial charge is 0.194 e. The maximum absolute atomic E-state index is 4.66. The molecular weight excluding hydrogens is 364 g/mol. The number of nitrogens with zero attached hydrogens (tertiary/aromatic N) is 5. The van der Waals surface area contributed by atoms with Gasteiger partial charge in [-0.3, -0.25) is 0 Å². The second-order valence-electron chi connectivity index (χ2n) is 4.95. The van der Waals surface area contributed by atoms with Crippen LogP contribution >= 0.6 is 27.3 Å². The number of guanidine groups is 1. The van der Waals surface area contributed by atoms with E-state index in [-0.39, 0.29) is 0 Å². The maximum atomic E-state index is 4.66. The summed E-state index contributed by atoms with van der Waals surface area (Å²) in [4.78, 5) is 8.06. The van der Waals surface area contributed by atoms with Gasteiger partial charge in [0, 0.05) is 25.5 Å². The van der Waals surface area contributed by atoms with Gasteiger partial charge in [-0.15, -0.1) is 21.5 Å². The van der Waals surface area contributed by atoms with Crippen LogP contribution in [0.2, 0.25) is 0 Å². The minimum atomic E-state index is 0.512. The molecule has 0 saturated carbocycles. The number of halogens is 1. The number of nitrogens with one attached hydrogen (secondary N) is 1. The van der Waals surface area contributed by atoms with Crippen molar-refractivity contribution in [3.8, 4) is 0 Å². The van der Waals surface area contributed by atoms with Gasteiger partial charge in [0.05, 0.1) is 10.3 Å². The minimum Gasteiger partial charge on any atom is -0.357 e. The number of aliphatic imine (C=N–C) groups is 1. The van der Waals surface area contributed by atoms with Crippen LogP contribution in [0.5, 0.6) is 0 Å². The van der Waals surface area contributed by atoms with Crippen molar-refractivity contribution in [3.05, 3.63) is 32.4 Å². The third-order valence-corrected chi connectivity index (χ3v) is 4.88. The average molecular weight is 385 g/mol. The van der Waals surface area contributed by atoms with E-state index in [4.69, 9.17) is 0 Å². The standard InChI is InChI=1S/C14H21BrN6S/c1-5-16-14(17-8-13-19-18-10(2)21(13)4)20(3)9-11-6-7-12(15)22-11/h6-7H,5,8-9H2,1-4H3,(H,16,17). The number of hydrogen-bond acceptors (Lipinski definition) is 4. The van der Waals surface area contributed by atoms with Crippen LogP contribution in [0.3, 0.4) is 0 Å². The molecule has 0 radical (unpaired) electrons. The molecule has 0 aliphatic carbocycles. The van der Waals surface area contributed by atoms with Crippen LogP contribution in [0, 0.1) is 6.92 Å². The molecule has 8 heteroatoms. The van der Waals surface area contributed by atoms with Crippen LogP contribution in [-0.2, 0) is 20.1 Å². The summed E-state index contributed by atoms with van der Waals surface area (Å²) in [6.45, 7) is 6.16. The molecule has 0 spiro atoms. The molecule has 0 saturated heterocycles. The molecule has 2 aromatic heterocycles. The number of rotatable bonds is 5. The Labute approximate surface area is 143 Å². The average Bonchev–Trinajstić information content (AvgIpc) is 3.03. The van der Waals surface area contributed by atoms with Crippen LogP contribution < -0.4 is 5.32 Å². The molecule has 0 amide bonds. The Hall–Kier alpha value is -1.41. The Morgan fingerprint density at radius 2 is 2.23 bits per heavy atom. The molecule has 2 rings (SSSR count). The predicted octanol–water partition coefficient (Wildman–Crippen LogP) is 2.55. The molecule has 6 nitrogen and oxygen atoms in total. The Kier molecular flexibility index (Phi) is 5.96. The first-order valence-electron chi connectivity index (χ1n) is 7.09. The van der Waals surface area contributed by atoms with Crippen molar-refractivity contribution < 1.29 is 0 Å². The largest absolute Gasteiger partial charge is 0.357 e. The van der Waals surface area contributed by atoms with Crippen molar-refractivity contribution in [2.45, 2.75) is 26.9 Å². The summed E-state index contributed by atoms with van der Waals surface area (Å²) in [5.41, 5.74) is 0. The fraction of sp³-hybridized carbons (Fsp3) is 0.500. The molecule has 1 N–H and O–H groups in total. The fourth-order valence-electron chi connectivity index (χ4n) is 1.95. The molecule has 0 fully saturated rings. The topological polar surface area (TPSA) is 58.3 Å². The lowest BCUT2D eigenvalue weighted by molar-refractivity contribution is 0.480. The van der Waals surface area contributed by atoms with Crippen molar-refractivity contribution in [2.75, 3.05) is 13.6 Å². The third kappa shape index (κ3) is 4.30. The van der Waals surface area contributed by atoms with Crippen molar-refractivity contribution in [3.63, 3.8) is 0 Å². The summed E-state index contributed by atoms with van der Waals surface area (Å²) >= 11 is 5.24. The van der Waals surface area contributed by atoms with Gasteiger partial charge in [-0.25, -0.2) is 4.99 Å². The van der Waals surface area contributed by atoms with Gasteiger partial charge in [-0.1, -0.05) is 0 Å². The van der Waals surface area contributed by atoms with E-state index < -0.39 is 0 Å². The Morgan fingerprint density at radius 1 is 1.45 bits per heavy atom. The quantitative estimate of drug-likeness (QED) is 0.635. The molecule has 0 aliphatic heterocycles. The van der Waals surface area contributed by atoms with Crippen LogP contribution in [0.25, 0.3) is 0 Å². The summed E-state index contributed by atoms with van der Waals surface area (Å²) in [6, 6.07) is 4.20.